The number of oxazole rings is 1. The van der Waals surface area contributed by atoms with E-state index in [-0.39, 0.29) is 0 Å². The van der Waals surface area contributed by atoms with Gasteiger partial charge in [-0.15, -0.1) is 0 Å². The fourth-order valence-electron chi connectivity index (χ4n) is 2.70. The van der Waals surface area contributed by atoms with Crippen LogP contribution in [0.2, 0.25) is 31.9 Å². The maximum Gasteiger partial charge on any atom is 0.182 e. The number of nitrogens with zero attached hydrogens (tertiary/aromatic N) is 2. The van der Waals surface area contributed by atoms with E-state index in [1.54, 1.807) is 6.26 Å². The average Bonchev–Trinajstić information content (AvgIpc) is 2.54. The molecule has 0 unspecified atom stereocenters. The fourth-order valence-corrected chi connectivity index (χ4v) is 18.0. The lowest BCUT2D eigenvalue weighted by atomic mass is 10.8. The average molecular weight is 226 g/mol. The quantitative estimate of drug-likeness (QED) is 0.689. The van der Waals surface area contributed by atoms with E-state index in [0.717, 1.165) is 5.82 Å². The summed E-state index contributed by atoms with van der Waals surface area (Å²) >= 11 is 0. The van der Waals surface area contributed by atoms with Crippen molar-refractivity contribution in [2.45, 2.75) is 31.9 Å². The van der Waals surface area contributed by atoms with E-state index in [4.69, 9.17) is 4.42 Å². The Morgan fingerprint density at radius 3 is 2.50 bits per heavy atom. The zero-order valence-electron chi connectivity index (χ0n) is 9.37. The van der Waals surface area contributed by atoms with Gasteiger partial charge in [0.2, 0.25) is 0 Å². The van der Waals surface area contributed by atoms with Crippen molar-refractivity contribution in [3.8, 4) is 0 Å². The first kappa shape index (κ1) is 9.98. The maximum absolute atomic E-state index is 5.07. The van der Waals surface area contributed by atoms with Crippen molar-refractivity contribution >= 4 is 22.1 Å². The Kier molecular flexibility index (Phi) is 2.11. The van der Waals surface area contributed by atoms with E-state index in [0.29, 0.717) is 0 Å². The zero-order chi connectivity index (χ0) is 10.4. The van der Waals surface area contributed by atoms with Gasteiger partial charge >= 0.3 is 0 Å². The van der Waals surface area contributed by atoms with Gasteiger partial charge in [0, 0.05) is 6.17 Å². The largest absolute Gasteiger partial charge is 0.450 e. The standard InChI is InChI=1S/C9H18N2OSi2/c1-13(2)7-11(14(3,4)8-13)9-5-12-6-10-9/h5-6H,7-8H2,1-4H3. The van der Waals surface area contributed by atoms with E-state index in [2.05, 4.69) is 35.7 Å². The van der Waals surface area contributed by atoms with E-state index >= 15 is 0 Å². The monoisotopic (exact) mass is 226 g/mol. The highest BCUT2D eigenvalue weighted by Crippen LogP contribution is 2.34. The third-order valence-electron chi connectivity index (χ3n) is 2.92. The molecular weight excluding hydrogens is 208 g/mol. The minimum Gasteiger partial charge on any atom is -0.450 e. The highest BCUT2D eigenvalue weighted by atomic mass is 28.4. The van der Waals surface area contributed by atoms with E-state index in [1.165, 1.54) is 18.2 Å². The predicted octanol–water partition coefficient (Wildman–Crippen LogP) is 2.49. The smallest absolute Gasteiger partial charge is 0.182 e. The maximum atomic E-state index is 5.07. The molecule has 2 rings (SSSR count). The number of rotatable bonds is 1. The van der Waals surface area contributed by atoms with Crippen LogP contribution in [0.1, 0.15) is 0 Å². The molecular formula is C9H18N2OSi2. The molecule has 1 fully saturated rings. The lowest BCUT2D eigenvalue weighted by Crippen LogP contribution is -2.43. The molecule has 1 saturated heterocycles. The van der Waals surface area contributed by atoms with Crippen LogP contribution in [-0.2, 0) is 0 Å². The molecule has 0 saturated carbocycles. The molecule has 0 radical (unpaired) electrons. The molecule has 3 nitrogen and oxygen atoms in total. The van der Waals surface area contributed by atoms with Crippen LogP contribution >= 0.6 is 0 Å². The molecule has 1 aliphatic rings. The van der Waals surface area contributed by atoms with Crippen LogP contribution in [0, 0.1) is 0 Å². The summed E-state index contributed by atoms with van der Waals surface area (Å²) in [6, 6.07) is 0. The Morgan fingerprint density at radius 2 is 2.07 bits per heavy atom. The van der Waals surface area contributed by atoms with Crippen molar-refractivity contribution < 1.29 is 4.42 Å². The van der Waals surface area contributed by atoms with Crippen molar-refractivity contribution in [2.75, 3.05) is 10.7 Å². The molecule has 0 bridgehead atoms. The van der Waals surface area contributed by atoms with Crippen LogP contribution in [0.4, 0.5) is 5.82 Å². The summed E-state index contributed by atoms with van der Waals surface area (Å²) in [5.74, 6) is 1.06. The summed E-state index contributed by atoms with van der Waals surface area (Å²) in [4.78, 5) is 4.28. The molecule has 1 aliphatic heterocycles. The Balaban J connectivity index is 2.29. The third-order valence-corrected chi connectivity index (χ3v) is 13.6. The lowest BCUT2D eigenvalue weighted by molar-refractivity contribution is 0.558. The van der Waals surface area contributed by atoms with Crippen molar-refractivity contribution in [3.63, 3.8) is 0 Å². The summed E-state index contributed by atoms with van der Waals surface area (Å²) in [7, 11) is -2.23. The number of aromatic nitrogens is 1. The van der Waals surface area contributed by atoms with Crippen molar-refractivity contribution in [1.29, 1.82) is 0 Å². The molecule has 0 N–H and O–H groups in total. The Labute approximate surface area is 87.2 Å². The number of hydrogen-bond donors (Lipinski definition) is 0. The Morgan fingerprint density at radius 1 is 1.36 bits per heavy atom. The second kappa shape index (κ2) is 2.97. The van der Waals surface area contributed by atoms with Crippen LogP contribution in [-0.4, -0.2) is 27.5 Å². The Bertz CT molecular complexity index is 322. The van der Waals surface area contributed by atoms with Gasteiger partial charge in [0.25, 0.3) is 0 Å². The molecule has 1 aromatic rings. The van der Waals surface area contributed by atoms with Crippen LogP contribution < -0.4 is 4.57 Å². The van der Waals surface area contributed by atoms with Crippen LogP contribution in [0.15, 0.2) is 17.1 Å². The van der Waals surface area contributed by atoms with Crippen LogP contribution in [0.3, 0.4) is 0 Å². The minimum absolute atomic E-state index is 0.989. The summed E-state index contributed by atoms with van der Waals surface area (Å²) in [6.07, 6.45) is 4.57. The molecule has 14 heavy (non-hydrogen) atoms. The van der Waals surface area contributed by atoms with Crippen LogP contribution in [0.5, 0.6) is 0 Å². The van der Waals surface area contributed by atoms with Crippen molar-refractivity contribution in [3.05, 3.63) is 12.7 Å². The van der Waals surface area contributed by atoms with Gasteiger partial charge in [-0.3, -0.25) is 0 Å². The molecule has 0 spiro atoms. The van der Waals surface area contributed by atoms with Gasteiger partial charge in [-0.1, -0.05) is 26.2 Å². The summed E-state index contributed by atoms with van der Waals surface area (Å²) < 4.78 is 7.60. The topological polar surface area (TPSA) is 29.3 Å². The van der Waals surface area contributed by atoms with E-state index < -0.39 is 16.3 Å². The molecule has 2 heterocycles. The molecule has 0 atom stereocenters. The predicted molar refractivity (Wildman–Crippen MR) is 63.6 cm³/mol. The fraction of sp³-hybridized carbons (Fsp3) is 0.667. The van der Waals surface area contributed by atoms with E-state index in [1.807, 2.05) is 0 Å². The molecule has 1 aromatic heterocycles. The Hall–Kier alpha value is -0.556. The number of hydrogen-bond acceptors (Lipinski definition) is 3. The van der Waals surface area contributed by atoms with Crippen molar-refractivity contribution in [1.82, 2.24) is 4.98 Å². The van der Waals surface area contributed by atoms with E-state index in [9.17, 15) is 0 Å². The van der Waals surface area contributed by atoms with Gasteiger partial charge in [0.1, 0.15) is 14.5 Å². The van der Waals surface area contributed by atoms with Gasteiger partial charge in [0.15, 0.2) is 12.2 Å². The minimum atomic E-state index is -1.24. The lowest BCUT2D eigenvalue weighted by Gasteiger charge is -2.29. The first-order valence-corrected chi connectivity index (χ1v) is 11.6. The molecule has 0 aliphatic carbocycles. The van der Waals surface area contributed by atoms with Gasteiger partial charge in [0.05, 0.1) is 8.07 Å². The zero-order valence-corrected chi connectivity index (χ0v) is 11.4. The summed E-state index contributed by atoms with van der Waals surface area (Å²) in [6.45, 7) is 9.82. The SMILES string of the molecule is C[Si]1(C)CN(c2cocn2)[Si](C)(C)C1. The first-order chi connectivity index (χ1) is 6.41. The molecule has 0 aromatic carbocycles. The summed E-state index contributed by atoms with van der Waals surface area (Å²) in [5.41, 5.74) is 1.47. The second-order valence-corrected chi connectivity index (χ2v) is 15.8. The molecule has 5 heteroatoms. The van der Waals surface area contributed by atoms with Gasteiger partial charge in [-0.2, -0.15) is 0 Å². The van der Waals surface area contributed by atoms with Crippen LogP contribution in [0.25, 0.3) is 0 Å². The first-order valence-electron chi connectivity index (χ1n) is 5.07. The van der Waals surface area contributed by atoms with Crippen molar-refractivity contribution in [2.24, 2.45) is 0 Å². The molecule has 0 amide bonds. The van der Waals surface area contributed by atoms with Gasteiger partial charge < -0.3 is 8.98 Å². The number of anilines is 1. The third kappa shape index (κ3) is 1.66. The summed E-state index contributed by atoms with van der Waals surface area (Å²) in [5, 5.41) is 0. The second-order valence-electron chi connectivity index (χ2n) is 5.59. The highest BCUT2D eigenvalue weighted by molar-refractivity contribution is 7.02. The van der Waals surface area contributed by atoms with Gasteiger partial charge in [-0.25, -0.2) is 4.98 Å². The molecule has 78 valence electrons. The normalized spacial score (nSPS) is 24.1. The highest BCUT2D eigenvalue weighted by Gasteiger charge is 2.46. The van der Waals surface area contributed by atoms with Gasteiger partial charge in [-0.05, 0) is 5.67 Å².